The van der Waals surface area contributed by atoms with Crippen molar-refractivity contribution in [1.29, 1.82) is 0 Å². The van der Waals surface area contributed by atoms with Gasteiger partial charge in [-0.25, -0.2) is 26.0 Å². The maximum absolute atomic E-state index is 13.0. The van der Waals surface area contributed by atoms with E-state index in [4.69, 9.17) is 0 Å². The molecule has 1 fully saturated rings. The molecule has 2 aromatic rings. The van der Waals surface area contributed by atoms with Crippen molar-refractivity contribution >= 4 is 31.6 Å². The summed E-state index contributed by atoms with van der Waals surface area (Å²) in [5.41, 5.74) is -0.997. The van der Waals surface area contributed by atoms with Gasteiger partial charge in [-0.1, -0.05) is 12.1 Å². The quantitative estimate of drug-likeness (QED) is 0.490. The van der Waals surface area contributed by atoms with Crippen molar-refractivity contribution in [3.05, 3.63) is 59.9 Å². The number of rotatable bonds is 7. The van der Waals surface area contributed by atoms with Crippen molar-refractivity contribution in [3.8, 4) is 0 Å². The van der Waals surface area contributed by atoms with E-state index in [1.165, 1.54) is 31.2 Å². The fraction of sp³-hybridized carbons (Fsp3) is 0.300. The van der Waals surface area contributed by atoms with Crippen LogP contribution in [0.25, 0.3) is 0 Å². The monoisotopic (exact) mass is 468 g/mol. The van der Waals surface area contributed by atoms with Crippen LogP contribution in [-0.2, 0) is 30.0 Å². The second-order valence-electron chi connectivity index (χ2n) is 7.43. The number of carbonyl (C=O) groups excluding carboxylic acids is 2. The Morgan fingerprint density at radius 1 is 0.935 bits per heavy atom. The molecule has 1 atom stereocenters. The number of carbonyl (C=O) groups is 2. The highest BCUT2D eigenvalue weighted by atomic mass is 32.2. The predicted molar refractivity (Wildman–Crippen MR) is 110 cm³/mol. The summed E-state index contributed by atoms with van der Waals surface area (Å²) in [5.74, 6) is -1.44. The van der Waals surface area contributed by atoms with Gasteiger partial charge in [-0.15, -0.1) is 0 Å². The highest BCUT2D eigenvalue weighted by Gasteiger charge is 2.48. The molecule has 8 nitrogen and oxygen atoms in total. The highest BCUT2D eigenvalue weighted by Crippen LogP contribution is 2.29. The number of benzene rings is 2. The molecule has 1 aliphatic heterocycles. The van der Waals surface area contributed by atoms with Crippen LogP contribution < -0.4 is 5.32 Å². The maximum atomic E-state index is 13.0. The fourth-order valence-corrected chi connectivity index (χ4v) is 5.23. The third-order valence-corrected chi connectivity index (χ3v) is 8.05. The Balaban J connectivity index is 1.71. The zero-order chi connectivity index (χ0) is 23.0. The van der Waals surface area contributed by atoms with E-state index in [1.54, 1.807) is 0 Å². The topological polar surface area (TPSA) is 118 Å². The summed E-state index contributed by atoms with van der Waals surface area (Å²) in [6.07, 6.45) is 1.07. The molecule has 1 saturated heterocycles. The maximum Gasteiger partial charge on any atom is 0.325 e. The molecule has 1 N–H and O–H groups in total. The second-order valence-corrected chi connectivity index (χ2v) is 11.6. The summed E-state index contributed by atoms with van der Waals surface area (Å²) >= 11 is 0. The molecule has 0 saturated carbocycles. The summed E-state index contributed by atoms with van der Waals surface area (Å²) in [6, 6.07) is 9.37. The van der Waals surface area contributed by atoms with E-state index in [0.29, 0.717) is 5.56 Å². The van der Waals surface area contributed by atoms with Gasteiger partial charge in [-0.05, 0) is 55.3 Å². The van der Waals surface area contributed by atoms with Gasteiger partial charge in [0.05, 0.1) is 15.5 Å². The van der Waals surface area contributed by atoms with E-state index in [1.807, 2.05) is 0 Å². The van der Waals surface area contributed by atoms with E-state index in [9.17, 15) is 30.8 Å². The van der Waals surface area contributed by atoms with Gasteiger partial charge in [0, 0.05) is 12.8 Å². The van der Waals surface area contributed by atoms with Gasteiger partial charge in [-0.2, -0.15) is 0 Å². The number of hydrogen-bond donors (Lipinski definition) is 1. The largest absolute Gasteiger partial charge is 0.325 e. The van der Waals surface area contributed by atoms with Gasteiger partial charge in [0.25, 0.3) is 5.91 Å². The molecular formula is C20H21FN2O6S2. The van der Waals surface area contributed by atoms with Crippen LogP contribution in [0.3, 0.4) is 0 Å². The molecule has 3 amide bonds. The molecule has 0 bridgehead atoms. The summed E-state index contributed by atoms with van der Waals surface area (Å²) < 4.78 is 61.0. The lowest BCUT2D eigenvalue weighted by Gasteiger charge is -2.22. The number of hydrogen-bond acceptors (Lipinski definition) is 6. The number of halogens is 1. The van der Waals surface area contributed by atoms with Crippen LogP contribution in [0, 0.1) is 5.82 Å². The van der Waals surface area contributed by atoms with Crippen LogP contribution in [0.2, 0.25) is 0 Å². The van der Waals surface area contributed by atoms with Gasteiger partial charge in [-0.3, -0.25) is 9.69 Å². The number of nitrogens with zero attached hydrogens (tertiary/aromatic N) is 1. The Hall–Kier alpha value is -2.79. The van der Waals surface area contributed by atoms with Gasteiger partial charge in [0.15, 0.2) is 19.7 Å². The van der Waals surface area contributed by atoms with Crippen molar-refractivity contribution in [2.45, 2.75) is 28.7 Å². The molecule has 11 heteroatoms. The first-order valence-electron chi connectivity index (χ1n) is 9.28. The van der Waals surface area contributed by atoms with Crippen LogP contribution >= 0.6 is 0 Å². The average molecular weight is 469 g/mol. The first kappa shape index (κ1) is 22.9. The van der Waals surface area contributed by atoms with Crippen LogP contribution in [-0.4, -0.2) is 52.2 Å². The molecule has 3 rings (SSSR count). The van der Waals surface area contributed by atoms with E-state index >= 15 is 0 Å². The molecule has 0 radical (unpaired) electrons. The fourth-order valence-electron chi connectivity index (χ4n) is 3.30. The molecule has 0 aromatic heterocycles. The van der Waals surface area contributed by atoms with E-state index < -0.39 is 43.0 Å². The minimum absolute atomic E-state index is 0.00195. The molecular weight excluding hydrogens is 447 g/mol. The van der Waals surface area contributed by atoms with Gasteiger partial charge in [0.1, 0.15) is 11.4 Å². The number of nitrogens with one attached hydrogen (secondary N) is 1. The first-order valence-corrected chi connectivity index (χ1v) is 12.8. The normalized spacial score (nSPS) is 19.5. The third kappa shape index (κ3) is 4.62. The Kier molecular flexibility index (Phi) is 5.94. The number of amides is 3. The number of sulfone groups is 2. The smallest absolute Gasteiger partial charge is 0.319 e. The highest BCUT2D eigenvalue weighted by molar-refractivity contribution is 7.91. The third-order valence-electron chi connectivity index (χ3n) is 5.10. The molecule has 0 aliphatic carbocycles. The van der Waals surface area contributed by atoms with Crippen molar-refractivity contribution in [1.82, 2.24) is 10.2 Å². The summed E-state index contributed by atoms with van der Waals surface area (Å²) in [5, 5.41) is 2.59. The predicted octanol–water partition coefficient (Wildman–Crippen LogP) is 1.86. The number of imide groups is 1. The van der Waals surface area contributed by atoms with E-state index in [2.05, 4.69) is 5.32 Å². The van der Waals surface area contributed by atoms with Crippen LogP contribution in [0.5, 0.6) is 0 Å². The SMILES string of the molecule is CC1(c2ccc(S(C)(=O)=O)cc2)NC(=O)N(CCCS(=O)(=O)c2ccc(F)cc2)C1=O. The Labute approximate surface area is 179 Å². The van der Waals surface area contributed by atoms with Gasteiger partial charge >= 0.3 is 6.03 Å². The lowest BCUT2D eigenvalue weighted by molar-refractivity contribution is -0.131. The molecule has 2 aromatic carbocycles. The van der Waals surface area contributed by atoms with Crippen LogP contribution in [0.1, 0.15) is 18.9 Å². The van der Waals surface area contributed by atoms with Crippen LogP contribution in [0.15, 0.2) is 58.3 Å². The Morgan fingerprint density at radius 2 is 1.48 bits per heavy atom. The molecule has 1 heterocycles. The van der Waals surface area contributed by atoms with E-state index in [-0.39, 0.29) is 28.5 Å². The lowest BCUT2D eigenvalue weighted by atomic mass is 9.92. The van der Waals surface area contributed by atoms with E-state index in [0.717, 1.165) is 35.4 Å². The number of urea groups is 1. The zero-order valence-electron chi connectivity index (χ0n) is 16.8. The van der Waals surface area contributed by atoms with Crippen molar-refractivity contribution in [2.75, 3.05) is 18.6 Å². The van der Waals surface area contributed by atoms with Crippen LogP contribution in [0.4, 0.5) is 9.18 Å². The summed E-state index contributed by atoms with van der Waals surface area (Å²) in [4.78, 5) is 26.3. The van der Waals surface area contributed by atoms with Crippen molar-refractivity contribution < 1.29 is 30.8 Å². The molecule has 0 spiro atoms. The first-order chi connectivity index (χ1) is 14.3. The summed E-state index contributed by atoms with van der Waals surface area (Å²) in [6.45, 7) is 1.38. The zero-order valence-corrected chi connectivity index (χ0v) is 18.5. The average Bonchev–Trinajstić information content (AvgIpc) is 2.91. The lowest BCUT2D eigenvalue weighted by Crippen LogP contribution is -2.41. The summed E-state index contributed by atoms with van der Waals surface area (Å²) in [7, 11) is -7.11. The minimum atomic E-state index is -3.70. The standard InChI is InChI=1S/C20H21FN2O6S2/c1-20(14-4-8-16(9-5-14)30(2,26)27)18(24)23(19(25)22-20)12-3-13-31(28,29)17-10-6-15(21)7-11-17/h4-11H,3,12-13H2,1-2H3,(H,22,25). The molecule has 166 valence electrons. The minimum Gasteiger partial charge on any atom is -0.319 e. The van der Waals surface area contributed by atoms with Crippen molar-refractivity contribution in [2.24, 2.45) is 0 Å². The Bertz CT molecular complexity index is 1230. The molecule has 1 aliphatic rings. The van der Waals surface area contributed by atoms with Gasteiger partial charge < -0.3 is 5.32 Å². The molecule has 31 heavy (non-hydrogen) atoms. The second kappa shape index (κ2) is 8.04. The van der Waals surface area contributed by atoms with Gasteiger partial charge in [0.2, 0.25) is 0 Å². The molecule has 1 unspecified atom stereocenters. The van der Waals surface area contributed by atoms with Crippen molar-refractivity contribution in [3.63, 3.8) is 0 Å². The Morgan fingerprint density at radius 3 is 2.03 bits per heavy atom.